The molecule has 1 aromatic carbocycles. The van der Waals surface area contributed by atoms with Gasteiger partial charge in [0.2, 0.25) is 15.9 Å². The summed E-state index contributed by atoms with van der Waals surface area (Å²) in [6, 6.07) is 6.81. The number of methoxy groups -OCH3 is 1. The van der Waals surface area contributed by atoms with Crippen LogP contribution < -0.4 is 5.32 Å². The van der Waals surface area contributed by atoms with Crippen molar-refractivity contribution in [3.63, 3.8) is 0 Å². The van der Waals surface area contributed by atoms with Gasteiger partial charge in [-0.1, -0.05) is 24.6 Å². The minimum Gasteiger partial charge on any atom is -0.465 e. The molecule has 10 heteroatoms. The summed E-state index contributed by atoms with van der Waals surface area (Å²) in [5.41, 5.74) is 2.30. The Bertz CT molecular complexity index is 1090. The van der Waals surface area contributed by atoms with Gasteiger partial charge in [0.15, 0.2) is 0 Å². The molecule has 1 fully saturated rings. The summed E-state index contributed by atoms with van der Waals surface area (Å²) in [4.78, 5) is 28.0. The number of aryl methyl sites for hydroxylation is 2. The molecule has 0 unspecified atom stereocenters. The van der Waals surface area contributed by atoms with Crippen LogP contribution in [0.3, 0.4) is 0 Å². The zero-order valence-electron chi connectivity index (χ0n) is 18.8. The second-order valence-electron chi connectivity index (χ2n) is 7.73. The summed E-state index contributed by atoms with van der Waals surface area (Å²) in [7, 11) is -2.22. The number of sulfonamides is 1. The molecule has 174 valence electrons. The standard InChI is InChI=1S/C22H29N3O5S2/c1-5-18-16(3)31-21(20(18)22(27)30-4)23-19(26)14-24-10-12-25(13-11-24)32(28,29)17-8-6-15(2)7-9-17/h6-9H,5,10-14H2,1-4H3,(H,23,26). The number of amides is 1. The number of nitrogens with one attached hydrogen (secondary N) is 1. The number of piperazine rings is 1. The lowest BCUT2D eigenvalue weighted by Gasteiger charge is -2.33. The van der Waals surface area contributed by atoms with Crippen LogP contribution in [0.15, 0.2) is 29.2 Å². The van der Waals surface area contributed by atoms with Crippen LogP contribution in [0.2, 0.25) is 0 Å². The number of anilines is 1. The maximum atomic E-state index is 12.8. The molecule has 0 bridgehead atoms. The molecular weight excluding hydrogens is 450 g/mol. The van der Waals surface area contributed by atoms with Gasteiger partial charge in [-0.15, -0.1) is 11.3 Å². The van der Waals surface area contributed by atoms with Crippen molar-refractivity contribution in [3.8, 4) is 0 Å². The van der Waals surface area contributed by atoms with E-state index in [-0.39, 0.29) is 17.3 Å². The molecule has 1 amide bonds. The number of carbonyl (C=O) groups excluding carboxylic acids is 2. The fourth-order valence-electron chi connectivity index (χ4n) is 3.77. The summed E-state index contributed by atoms with van der Waals surface area (Å²) in [5.74, 6) is -0.703. The van der Waals surface area contributed by atoms with Crippen molar-refractivity contribution in [2.24, 2.45) is 0 Å². The van der Waals surface area contributed by atoms with E-state index in [0.717, 1.165) is 16.0 Å². The molecule has 1 aliphatic rings. The van der Waals surface area contributed by atoms with Gasteiger partial charge < -0.3 is 10.1 Å². The van der Waals surface area contributed by atoms with E-state index in [9.17, 15) is 18.0 Å². The Labute approximate surface area is 193 Å². The lowest BCUT2D eigenvalue weighted by molar-refractivity contribution is -0.117. The van der Waals surface area contributed by atoms with Crippen molar-refractivity contribution in [3.05, 3.63) is 45.8 Å². The first-order valence-electron chi connectivity index (χ1n) is 10.5. The maximum Gasteiger partial charge on any atom is 0.341 e. The first-order valence-corrected chi connectivity index (χ1v) is 12.7. The van der Waals surface area contributed by atoms with Gasteiger partial charge in [0.1, 0.15) is 5.00 Å². The molecule has 32 heavy (non-hydrogen) atoms. The van der Waals surface area contributed by atoms with Gasteiger partial charge in [0.25, 0.3) is 0 Å². The quantitative estimate of drug-likeness (QED) is 0.614. The third-order valence-corrected chi connectivity index (χ3v) is 8.54. The van der Waals surface area contributed by atoms with Crippen molar-refractivity contribution < 1.29 is 22.7 Å². The highest BCUT2D eigenvalue weighted by molar-refractivity contribution is 7.89. The monoisotopic (exact) mass is 479 g/mol. The van der Waals surface area contributed by atoms with E-state index in [1.807, 2.05) is 25.7 Å². The molecule has 1 saturated heterocycles. The highest BCUT2D eigenvalue weighted by Crippen LogP contribution is 2.34. The Morgan fingerprint density at radius 1 is 1.09 bits per heavy atom. The van der Waals surface area contributed by atoms with Gasteiger partial charge in [-0.05, 0) is 38.0 Å². The van der Waals surface area contributed by atoms with E-state index in [1.165, 1.54) is 22.8 Å². The predicted molar refractivity (Wildman–Crippen MR) is 125 cm³/mol. The summed E-state index contributed by atoms with van der Waals surface area (Å²) < 4.78 is 32.0. The zero-order chi connectivity index (χ0) is 23.5. The van der Waals surface area contributed by atoms with Gasteiger partial charge in [-0.2, -0.15) is 4.31 Å². The lowest BCUT2D eigenvalue weighted by atomic mass is 10.1. The van der Waals surface area contributed by atoms with Crippen LogP contribution in [-0.4, -0.2) is 69.3 Å². The van der Waals surface area contributed by atoms with Crippen LogP contribution >= 0.6 is 11.3 Å². The first kappa shape index (κ1) is 24.4. The average Bonchev–Trinajstić information content (AvgIpc) is 3.08. The number of benzene rings is 1. The Balaban J connectivity index is 1.61. The maximum absolute atomic E-state index is 12.8. The predicted octanol–water partition coefficient (Wildman–Crippen LogP) is 2.66. The fourth-order valence-corrected chi connectivity index (χ4v) is 6.34. The Morgan fingerprint density at radius 3 is 2.28 bits per heavy atom. The van der Waals surface area contributed by atoms with Crippen LogP contribution in [0.5, 0.6) is 0 Å². The van der Waals surface area contributed by atoms with Crippen molar-refractivity contribution in [2.45, 2.75) is 32.1 Å². The lowest BCUT2D eigenvalue weighted by Crippen LogP contribution is -2.50. The van der Waals surface area contributed by atoms with Gasteiger partial charge in [0, 0.05) is 31.1 Å². The minimum atomic E-state index is -3.55. The molecule has 0 aliphatic carbocycles. The van der Waals surface area contributed by atoms with Crippen molar-refractivity contribution in [1.82, 2.24) is 9.21 Å². The molecule has 3 rings (SSSR count). The molecule has 0 spiro atoms. The van der Waals surface area contributed by atoms with Crippen molar-refractivity contribution >= 4 is 38.2 Å². The van der Waals surface area contributed by atoms with Crippen LogP contribution in [0.1, 0.15) is 33.3 Å². The molecule has 0 saturated carbocycles. The number of ether oxygens (including phenoxy) is 1. The second kappa shape index (κ2) is 10.1. The van der Waals surface area contributed by atoms with E-state index in [0.29, 0.717) is 43.2 Å². The number of esters is 1. The van der Waals surface area contributed by atoms with Crippen LogP contribution in [0.4, 0.5) is 5.00 Å². The summed E-state index contributed by atoms with van der Waals surface area (Å²) in [6.07, 6.45) is 0.667. The first-order chi connectivity index (χ1) is 15.2. The number of thiophene rings is 1. The molecule has 2 aromatic rings. The van der Waals surface area contributed by atoms with Gasteiger partial charge in [0.05, 0.1) is 24.1 Å². The number of carbonyl (C=O) groups is 2. The van der Waals surface area contributed by atoms with E-state index >= 15 is 0 Å². The Morgan fingerprint density at radius 2 is 1.72 bits per heavy atom. The largest absolute Gasteiger partial charge is 0.465 e. The smallest absolute Gasteiger partial charge is 0.341 e. The summed E-state index contributed by atoms with van der Waals surface area (Å²) in [6.45, 7) is 7.44. The molecule has 0 atom stereocenters. The SMILES string of the molecule is CCc1c(C)sc(NC(=O)CN2CCN(S(=O)(=O)c3ccc(C)cc3)CC2)c1C(=O)OC. The second-order valence-corrected chi connectivity index (χ2v) is 10.9. The molecule has 0 radical (unpaired) electrons. The van der Waals surface area contributed by atoms with E-state index in [2.05, 4.69) is 5.32 Å². The summed E-state index contributed by atoms with van der Waals surface area (Å²) >= 11 is 1.36. The highest BCUT2D eigenvalue weighted by atomic mass is 32.2. The third-order valence-electron chi connectivity index (χ3n) is 5.56. The topological polar surface area (TPSA) is 96.0 Å². The molecule has 2 heterocycles. The van der Waals surface area contributed by atoms with Gasteiger partial charge >= 0.3 is 5.97 Å². The van der Waals surface area contributed by atoms with Crippen LogP contribution in [-0.2, 0) is 26.0 Å². The molecular formula is C22H29N3O5S2. The minimum absolute atomic E-state index is 0.122. The number of hydrogen-bond donors (Lipinski definition) is 1. The molecule has 1 aliphatic heterocycles. The number of hydrogen-bond acceptors (Lipinski definition) is 7. The van der Waals surface area contributed by atoms with E-state index < -0.39 is 16.0 Å². The fraction of sp³-hybridized carbons (Fsp3) is 0.455. The van der Waals surface area contributed by atoms with Gasteiger partial charge in [-0.3, -0.25) is 9.69 Å². The molecule has 1 aromatic heterocycles. The Hall–Kier alpha value is -2.27. The van der Waals surface area contributed by atoms with Crippen LogP contribution in [0.25, 0.3) is 0 Å². The van der Waals surface area contributed by atoms with Crippen molar-refractivity contribution in [1.29, 1.82) is 0 Å². The molecule has 1 N–H and O–H groups in total. The Kier molecular flexibility index (Phi) is 7.71. The van der Waals surface area contributed by atoms with E-state index in [4.69, 9.17) is 4.74 Å². The van der Waals surface area contributed by atoms with Crippen LogP contribution in [0, 0.1) is 13.8 Å². The third kappa shape index (κ3) is 5.20. The molecule has 8 nitrogen and oxygen atoms in total. The highest BCUT2D eigenvalue weighted by Gasteiger charge is 2.29. The average molecular weight is 480 g/mol. The number of nitrogens with zero attached hydrogens (tertiary/aromatic N) is 2. The van der Waals surface area contributed by atoms with E-state index in [1.54, 1.807) is 24.3 Å². The van der Waals surface area contributed by atoms with Gasteiger partial charge in [-0.25, -0.2) is 13.2 Å². The normalized spacial score (nSPS) is 15.5. The number of rotatable bonds is 7. The zero-order valence-corrected chi connectivity index (χ0v) is 20.4. The summed E-state index contributed by atoms with van der Waals surface area (Å²) in [5, 5.41) is 3.34. The van der Waals surface area contributed by atoms with Crippen molar-refractivity contribution in [2.75, 3.05) is 45.2 Å².